The van der Waals surface area contributed by atoms with Gasteiger partial charge in [-0.1, -0.05) is 0 Å². The SMILES string of the molecule is Cc1cn(C2CCC(O)CC2)c2nc(N)ncc12. The van der Waals surface area contributed by atoms with E-state index in [0.717, 1.165) is 36.7 Å². The lowest BCUT2D eigenvalue weighted by atomic mass is 9.93. The van der Waals surface area contributed by atoms with Gasteiger partial charge in [0.1, 0.15) is 5.65 Å². The fraction of sp³-hybridized carbons (Fsp3) is 0.538. The van der Waals surface area contributed by atoms with E-state index in [1.807, 2.05) is 0 Å². The van der Waals surface area contributed by atoms with Crippen LogP contribution in [0.1, 0.15) is 37.3 Å². The first-order valence-corrected chi connectivity index (χ1v) is 6.43. The molecule has 0 spiro atoms. The summed E-state index contributed by atoms with van der Waals surface area (Å²) in [7, 11) is 0. The molecule has 1 aliphatic carbocycles. The number of fused-ring (bicyclic) bond motifs is 1. The summed E-state index contributed by atoms with van der Waals surface area (Å²) in [6, 6.07) is 0.416. The normalized spacial score (nSPS) is 24.6. The third-order valence-corrected chi connectivity index (χ3v) is 3.85. The fourth-order valence-electron chi connectivity index (χ4n) is 2.82. The number of nitrogen functional groups attached to an aromatic ring is 1. The fourth-order valence-corrected chi connectivity index (χ4v) is 2.82. The lowest BCUT2D eigenvalue weighted by Crippen LogP contribution is -2.20. The van der Waals surface area contributed by atoms with Gasteiger partial charge in [-0.2, -0.15) is 4.98 Å². The predicted octanol–water partition coefficient (Wildman–Crippen LogP) is 1.80. The van der Waals surface area contributed by atoms with Gasteiger partial charge in [-0.05, 0) is 38.2 Å². The van der Waals surface area contributed by atoms with Gasteiger partial charge in [-0.3, -0.25) is 0 Å². The van der Waals surface area contributed by atoms with Crippen molar-refractivity contribution in [2.75, 3.05) is 5.73 Å². The highest BCUT2D eigenvalue weighted by Gasteiger charge is 2.22. The maximum Gasteiger partial charge on any atom is 0.221 e. The van der Waals surface area contributed by atoms with Crippen molar-refractivity contribution >= 4 is 17.0 Å². The molecule has 0 aromatic carbocycles. The summed E-state index contributed by atoms with van der Waals surface area (Å²) in [4.78, 5) is 8.41. The molecule has 0 unspecified atom stereocenters. The van der Waals surface area contributed by atoms with E-state index in [-0.39, 0.29) is 6.10 Å². The molecular formula is C13H18N4O. The van der Waals surface area contributed by atoms with Crippen LogP contribution in [0.5, 0.6) is 0 Å². The van der Waals surface area contributed by atoms with Crippen molar-refractivity contribution in [1.29, 1.82) is 0 Å². The molecule has 0 saturated heterocycles. The molecule has 2 aromatic rings. The summed E-state index contributed by atoms with van der Waals surface area (Å²) in [6.07, 6.45) is 7.50. The average Bonchev–Trinajstić information content (AvgIpc) is 2.67. The van der Waals surface area contributed by atoms with Crippen molar-refractivity contribution in [2.45, 2.75) is 44.8 Å². The summed E-state index contributed by atoms with van der Waals surface area (Å²) < 4.78 is 2.20. The van der Waals surface area contributed by atoms with Crippen LogP contribution in [0.25, 0.3) is 11.0 Å². The van der Waals surface area contributed by atoms with Crippen LogP contribution >= 0.6 is 0 Å². The molecule has 3 rings (SSSR count). The molecule has 0 atom stereocenters. The summed E-state index contributed by atoms with van der Waals surface area (Å²) in [5.41, 5.74) is 7.77. The van der Waals surface area contributed by atoms with Crippen LogP contribution in [0.15, 0.2) is 12.4 Å². The average molecular weight is 246 g/mol. The summed E-state index contributed by atoms with van der Waals surface area (Å²) >= 11 is 0. The van der Waals surface area contributed by atoms with Crippen LogP contribution < -0.4 is 5.73 Å². The number of anilines is 1. The van der Waals surface area contributed by atoms with Gasteiger partial charge in [0, 0.05) is 23.8 Å². The van der Waals surface area contributed by atoms with Crippen molar-refractivity contribution in [1.82, 2.24) is 14.5 Å². The molecule has 3 N–H and O–H groups in total. The van der Waals surface area contributed by atoms with Crippen molar-refractivity contribution in [3.05, 3.63) is 18.0 Å². The van der Waals surface area contributed by atoms with Gasteiger partial charge < -0.3 is 15.4 Å². The van der Waals surface area contributed by atoms with E-state index in [4.69, 9.17) is 5.73 Å². The quantitative estimate of drug-likeness (QED) is 0.804. The third kappa shape index (κ3) is 1.84. The molecule has 5 heteroatoms. The van der Waals surface area contributed by atoms with E-state index in [1.54, 1.807) is 6.20 Å². The van der Waals surface area contributed by atoms with Gasteiger partial charge >= 0.3 is 0 Å². The van der Waals surface area contributed by atoms with E-state index in [0.29, 0.717) is 12.0 Å². The molecule has 0 amide bonds. The van der Waals surface area contributed by atoms with Gasteiger partial charge in [0.2, 0.25) is 5.95 Å². The molecule has 2 heterocycles. The zero-order valence-corrected chi connectivity index (χ0v) is 10.5. The first kappa shape index (κ1) is 11.5. The highest BCUT2D eigenvalue weighted by atomic mass is 16.3. The predicted molar refractivity (Wildman–Crippen MR) is 70.2 cm³/mol. The smallest absolute Gasteiger partial charge is 0.221 e. The summed E-state index contributed by atoms with van der Waals surface area (Å²) in [5, 5.41) is 10.6. The number of aliphatic hydroxyl groups excluding tert-OH is 1. The minimum Gasteiger partial charge on any atom is -0.393 e. The Bertz CT molecular complexity index is 570. The van der Waals surface area contributed by atoms with E-state index in [1.165, 1.54) is 5.56 Å². The van der Waals surface area contributed by atoms with Crippen molar-refractivity contribution in [3.8, 4) is 0 Å². The Morgan fingerprint density at radius 1 is 1.33 bits per heavy atom. The second-order valence-corrected chi connectivity index (χ2v) is 5.15. The maximum atomic E-state index is 9.58. The highest BCUT2D eigenvalue weighted by Crippen LogP contribution is 2.32. The Morgan fingerprint density at radius 2 is 2.06 bits per heavy atom. The highest BCUT2D eigenvalue weighted by molar-refractivity contribution is 5.80. The monoisotopic (exact) mass is 246 g/mol. The maximum absolute atomic E-state index is 9.58. The lowest BCUT2D eigenvalue weighted by molar-refractivity contribution is 0.111. The molecule has 0 bridgehead atoms. The molecule has 1 fully saturated rings. The number of rotatable bonds is 1. The number of aryl methyl sites for hydroxylation is 1. The molecule has 2 aromatic heterocycles. The van der Waals surface area contributed by atoms with E-state index in [9.17, 15) is 5.11 Å². The molecule has 0 aliphatic heterocycles. The topological polar surface area (TPSA) is 77.0 Å². The van der Waals surface area contributed by atoms with Crippen LogP contribution in [0.4, 0.5) is 5.95 Å². The second kappa shape index (κ2) is 4.24. The van der Waals surface area contributed by atoms with Crippen LogP contribution in [-0.2, 0) is 0 Å². The van der Waals surface area contributed by atoms with Crippen LogP contribution in [0, 0.1) is 6.92 Å². The number of hydrogen-bond acceptors (Lipinski definition) is 4. The number of hydrogen-bond donors (Lipinski definition) is 2. The van der Waals surface area contributed by atoms with Crippen molar-refractivity contribution in [3.63, 3.8) is 0 Å². The number of nitrogens with zero attached hydrogens (tertiary/aromatic N) is 3. The van der Waals surface area contributed by atoms with Crippen molar-refractivity contribution in [2.24, 2.45) is 0 Å². The third-order valence-electron chi connectivity index (χ3n) is 3.85. The molecule has 0 radical (unpaired) electrons. The Kier molecular flexibility index (Phi) is 2.70. The summed E-state index contributed by atoms with van der Waals surface area (Å²) in [6.45, 7) is 2.07. The van der Waals surface area contributed by atoms with E-state index in [2.05, 4.69) is 27.7 Å². The van der Waals surface area contributed by atoms with Gasteiger partial charge in [0.25, 0.3) is 0 Å². The molecule has 1 aliphatic rings. The second-order valence-electron chi connectivity index (χ2n) is 5.15. The first-order chi connectivity index (χ1) is 8.65. The van der Waals surface area contributed by atoms with Gasteiger partial charge in [0.05, 0.1) is 6.10 Å². The van der Waals surface area contributed by atoms with Crippen molar-refractivity contribution < 1.29 is 5.11 Å². The number of aliphatic hydroxyl groups is 1. The Morgan fingerprint density at radius 3 is 2.78 bits per heavy atom. The van der Waals surface area contributed by atoms with Gasteiger partial charge in [0.15, 0.2) is 0 Å². The van der Waals surface area contributed by atoms with Gasteiger partial charge in [-0.15, -0.1) is 0 Å². The molecule has 18 heavy (non-hydrogen) atoms. The first-order valence-electron chi connectivity index (χ1n) is 6.43. The summed E-state index contributed by atoms with van der Waals surface area (Å²) in [5.74, 6) is 0.317. The molecule has 5 nitrogen and oxygen atoms in total. The molecule has 1 saturated carbocycles. The number of aromatic nitrogens is 3. The minimum absolute atomic E-state index is 0.135. The lowest BCUT2D eigenvalue weighted by Gasteiger charge is -2.27. The van der Waals surface area contributed by atoms with Crippen LogP contribution in [0.3, 0.4) is 0 Å². The van der Waals surface area contributed by atoms with Crippen LogP contribution in [0.2, 0.25) is 0 Å². The zero-order valence-electron chi connectivity index (χ0n) is 10.5. The number of nitrogens with two attached hydrogens (primary N) is 1. The van der Waals surface area contributed by atoms with Gasteiger partial charge in [-0.25, -0.2) is 4.98 Å². The Labute approximate surface area is 106 Å². The Balaban J connectivity index is 2.03. The largest absolute Gasteiger partial charge is 0.393 e. The molecular weight excluding hydrogens is 228 g/mol. The Hall–Kier alpha value is -1.62. The standard InChI is InChI=1S/C13H18N4O/c1-8-7-17(9-2-4-10(18)5-3-9)12-11(8)6-15-13(14)16-12/h6-7,9-10,18H,2-5H2,1H3,(H2,14,15,16). The zero-order chi connectivity index (χ0) is 12.7. The van der Waals surface area contributed by atoms with E-state index >= 15 is 0 Å². The van der Waals surface area contributed by atoms with Crippen LogP contribution in [-0.4, -0.2) is 25.7 Å². The van der Waals surface area contributed by atoms with E-state index < -0.39 is 0 Å². The minimum atomic E-state index is -0.135. The molecule has 96 valence electrons.